The van der Waals surface area contributed by atoms with E-state index in [1.165, 1.54) is 0 Å². The van der Waals surface area contributed by atoms with Crippen LogP contribution in [-0.2, 0) is 9.59 Å². The van der Waals surface area contributed by atoms with Crippen molar-refractivity contribution < 1.29 is 14.4 Å². The molecule has 4 N–H and O–H groups in total. The maximum atomic E-state index is 13.2. The summed E-state index contributed by atoms with van der Waals surface area (Å²) in [5, 5.41) is 9.36. The van der Waals surface area contributed by atoms with Crippen molar-refractivity contribution in [2.24, 2.45) is 17.4 Å². The molecular weight excluding hydrogens is 408 g/mol. The zero-order chi connectivity index (χ0) is 22.7. The highest BCUT2D eigenvalue weighted by atomic mass is 16.2. The molecule has 1 unspecified atom stereocenters. The van der Waals surface area contributed by atoms with Crippen molar-refractivity contribution >= 4 is 17.7 Å². The lowest BCUT2D eigenvalue weighted by molar-refractivity contribution is -0.141. The second-order valence-corrected chi connectivity index (χ2v) is 9.57. The van der Waals surface area contributed by atoms with Gasteiger partial charge in [-0.25, -0.2) is 0 Å². The fourth-order valence-electron chi connectivity index (χ4n) is 5.92. The van der Waals surface area contributed by atoms with Gasteiger partial charge in [-0.15, -0.1) is 0 Å². The average molecular weight is 437 g/mol. The summed E-state index contributed by atoms with van der Waals surface area (Å²) in [5.74, 6) is -0.197. The van der Waals surface area contributed by atoms with E-state index in [9.17, 15) is 19.6 Å². The van der Waals surface area contributed by atoms with Crippen molar-refractivity contribution in [1.29, 1.82) is 5.26 Å². The molecule has 3 amide bonds. The Labute approximate surface area is 186 Å². The number of nitriles is 1. The van der Waals surface area contributed by atoms with Gasteiger partial charge in [-0.3, -0.25) is 19.3 Å². The third-order valence-electron chi connectivity index (χ3n) is 7.64. The van der Waals surface area contributed by atoms with Crippen LogP contribution in [-0.4, -0.2) is 75.7 Å². The predicted octanol–water partition coefficient (Wildman–Crippen LogP) is -0.0281. The smallest absolute Gasteiger partial charge is 0.248 e. The first-order valence-corrected chi connectivity index (χ1v) is 11.2. The molecule has 0 aromatic heterocycles. The Morgan fingerprint density at radius 3 is 2.75 bits per heavy atom. The Kier molecular flexibility index (Phi) is 4.95. The Morgan fingerprint density at radius 1 is 1.28 bits per heavy atom. The van der Waals surface area contributed by atoms with E-state index in [0.29, 0.717) is 31.0 Å². The first kappa shape index (κ1) is 20.9. The van der Waals surface area contributed by atoms with Crippen molar-refractivity contribution in [3.05, 3.63) is 35.4 Å². The molecule has 7 atom stereocenters. The van der Waals surface area contributed by atoms with Gasteiger partial charge >= 0.3 is 0 Å². The van der Waals surface area contributed by atoms with Crippen LogP contribution in [0.1, 0.15) is 48.1 Å². The number of piperidine rings is 1. The molecule has 1 aromatic carbocycles. The lowest BCUT2D eigenvalue weighted by Gasteiger charge is -2.38. The van der Waals surface area contributed by atoms with Gasteiger partial charge in [0, 0.05) is 30.7 Å². The topological polar surface area (TPSA) is 137 Å². The van der Waals surface area contributed by atoms with Crippen LogP contribution in [0.3, 0.4) is 0 Å². The summed E-state index contributed by atoms with van der Waals surface area (Å²) in [4.78, 5) is 43.3. The van der Waals surface area contributed by atoms with Gasteiger partial charge in [-0.2, -0.15) is 5.26 Å². The molecule has 168 valence electrons. The molecule has 1 aromatic rings. The van der Waals surface area contributed by atoms with Gasteiger partial charge in [0.2, 0.25) is 17.7 Å². The van der Waals surface area contributed by atoms with Gasteiger partial charge in [-0.1, -0.05) is 12.1 Å². The third kappa shape index (κ3) is 3.26. The first-order chi connectivity index (χ1) is 15.3. The number of fused-ring (bicyclic) bond motifs is 3. The van der Waals surface area contributed by atoms with Gasteiger partial charge in [0.1, 0.15) is 6.04 Å². The lowest BCUT2D eigenvalue weighted by atomic mass is 10.0. The van der Waals surface area contributed by atoms with Crippen LogP contribution in [0.15, 0.2) is 24.3 Å². The zero-order valence-corrected chi connectivity index (χ0v) is 18.1. The van der Waals surface area contributed by atoms with Crippen molar-refractivity contribution in [2.45, 2.75) is 62.4 Å². The quantitative estimate of drug-likeness (QED) is 0.643. The zero-order valence-electron chi connectivity index (χ0n) is 18.1. The minimum atomic E-state index is -0.740. The van der Waals surface area contributed by atoms with Crippen LogP contribution < -0.4 is 11.5 Å². The molecule has 3 heterocycles. The largest absolute Gasteiger partial charge is 0.366 e. The second-order valence-electron chi connectivity index (χ2n) is 9.57. The maximum absolute atomic E-state index is 13.2. The molecule has 0 radical (unpaired) electrons. The monoisotopic (exact) mass is 436 g/mol. The van der Waals surface area contributed by atoms with Crippen molar-refractivity contribution in [3.8, 4) is 6.07 Å². The van der Waals surface area contributed by atoms with Crippen molar-refractivity contribution in [1.82, 2.24) is 14.7 Å². The molecular formula is C23H28N6O3. The highest BCUT2D eigenvalue weighted by molar-refractivity contribution is 5.93. The predicted molar refractivity (Wildman–Crippen MR) is 115 cm³/mol. The minimum Gasteiger partial charge on any atom is -0.366 e. The number of benzene rings is 1. The highest BCUT2D eigenvalue weighted by Crippen LogP contribution is 2.48. The minimum absolute atomic E-state index is 0.0243. The molecule has 2 bridgehead atoms. The van der Waals surface area contributed by atoms with E-state index in [1.54, 1.807) is 23.1 Å². The average Bonchev–Trinajstić information content (AvgIpc) is 3.11. The molecule has 1 aliphatic carbocycles. The lowest BCUT2D eigenvalue weighted by Crippen LogP contribution is -2.57. The normalized spacial score (nSPS) is 32.5. The summed E-state index contributed by atoms with van der Waals surface area (Å²) in [6.45, 7) is 2.93. The molecule has 0 spiro atoms. The van der Waals surface area contributed by atoms with Crippen LogP contribution >= 0.6 is 0 Å². The molecule has 9 nitrogen and oxygen atoms in total. The van der Waals surface area contributed by atoms with Crippen molar-refractivity contribution in [3.63, 3.8) is 0 Å². The molecule has 1 saturated carbocycles. The summed E-state index contributed by atoms with van der Waals surface area (Å²) in [5.41, 5.74) is 13.0. The number of rotatable bonds is 6. The second kappa shape index (κ2) is 7.57. The standard InChI is InChI=1S/C23H28N6O3/c1-12(13-3-2-4-14(5-13)21(26)30)28-17-8-20(23(28)32)27(10-17)11-18(25)22(31)29-16(9-24)6-15-7-19(15)29/h2-5,12,15-20H,6-8,10-11,25H2,1H3,(H2,26,30)/t12-,15+,16-,17-,18-,19?,20-/m0/s1. The molecule has 9 heteroatoms. The number of carbonyl (C=O) groups is 3. The summed E-state index contributed by atoms with van der Waals surface area (Å²) in [7, 11) is 0. The van der Waals surface area contributed by atoms with Gasteiger partial charge < -0.3 is 21.3 Å². The van der Waals surface area contributed by atoms with Crippen LogP contribution in [0.2, 0.25) is 0 Å². The Balaban J connectivity index is 1.24. The van der Waals surface area contributed by atoms with Gasteiger partial charge in [0.15, 0.2) is 0 Å². The molecule has 3 aliphatic heterocycles. The van der Waals surface area contributed by atoms with E-state index in [1.807, 2.05) is 22.8 Å². The van der Waals surface area contributed by atoms with E-state index < -0.39 is 11.9 Å². The van der Waals surface area contributed by atoms with Gasteiger partial charge in [-0.05, 0) is 49.8 Å². The number of nitrogens with zero attached hydrogens (tertiary/aromatic N) is 4. The van der Waals surface area contributed by atoms with E-state index in [-0.39, 0.29) is 42.0 Å². The maximum Gasteiger partial charge on any atom is 0.248 e. The molecule has 32 heavy (non-hydrogen) atoms. The van der Waals surface area contributed by atoms with E-state index >= 15 is 0 Å². The number of hydrogen-bond acceptors (Lipinski definition) is 6. The number of carbonyl (C=O) groups excluding carboxylic acids is 3. The molecule has 4 fully saturated rings. The van der Waals surface area contributed by atoms with Crippen LogP contribution in [0.5, 0.6) is 0 Å². The summed E-state index contributed by atoms with van der Waals surface area (Å²) in [6, 6.07) is 7.93. The molecule has 4 aliphatic rings. The Bertz CT molecular complexity index is 1020. The highest BCUT2D eigenvalue weighted by Gasteiger charge is 2.56. The number of hydrogen-bond donors (Lipinski definition) is 2. The Morgan fingerprint density at radius 2 is 2.06 bits per heavy atom. The fourth-order valence-corrected chi connectivity index (χ4v) is 5.92. The fraction of sp³-hybridized carbons (Fsp3) is 0.565. The first-order valence-electron chi connectivity index (χ1n) is 11.2. The molecule has 5 rings (SSSR count). The molecule has 3 saturated heterocycles. The SMILES string of the molecule is C[C@@H](c1cccc(C(N)=O)c1)N1C(=O)[C@@H]2C[C@H]1CN2C[C@H](N)C(=O)N1C2C[C@H]2C[C@H]1C#N. The van der Waals surface area contributed by atoms with Crippen LogP contribution in [0.4, 0.5) is 0 Å². The number of primary amides is 1. The number of piperazine rings is 1. The number of amides is 3. The van der Waals surface area contributed by atoms with E-state index in [4.69, 9.17) is 11.5 Å². The Hall–Kier alpha value is -2.96. The van der Waals surface area contributed by atoms with Gasteiger partial charge in [0.25, 0.3) is 0 Å². The number of nitrogens with two attached hydrogens (primary N) is 2. The van der Waals surface area contributed by atoms with Crippen molar-refractivity contribution in [2.75, 3.05) is 13.1 Å². The van der Waals surface area contributed by atoms with Crippen LogP contribution in [0.25, 0.3) is 0 Å². The third-order valence-corrected chi connectivity index (χ3v) is 7.64. The summed E-state index contributed by atoms with van der Waals surface area (Å²) in [6.07, 6.45) is 2.42. The van der Waals surface area contributed by atoms with Crippen LogP contribution in [0, 0.1) is 17.2 Å². The van der Waals surface area contributed by atoms with E-state index in [0.717, 1.165) is 18.4 Å². The van der Waals surface area contributed by atoms with E-state index in [2.05, 4.69) is 6.07 Å². The van der Waals surface area contributed by atoms with Gasteiger partial charge in [0.05, 0.1) is 24.2 Å². The number of likely N-dealkylation sites (tertiary alicyclic amines) is 3. The summed E-state index contributed by atoms with van der Waals surface area (Å²) >= 11 is 0. The summed E-state index contributed by atoms with van der Waals surface area (Å²) < 4.78 is 0.